The highest BCUT2D eigenvalue weighted by molar-refractivity contribution is 7.15. The van der Waals surface area contributed by atoms with Crippen LogP contribution in [0.5, 0.6) is 0 Å². The lowest BCUT2D eigenvalue weighted by molar-refractivity contribution is -0.0202. The number of aliphatic hydroxyl groups is 1. The molecule has 3 N–H and O–H groups in total. The van der Waals surface area contributed by atoms with Crippen molar-refractivity contribution in [2.24, 2.45) is 0 Å². The largest absolute Gasteiger partial charge is 0.388 e. The van der Waals surface area contributed by atoms with E-state index >= 15 is 0 Å². The van der Waals surface area contributed by atoms with Gasteiger partial charge in [0.05, 0.1) is 17.8 Å². The Hall–Kier alpha value is -2.33. The predicted octanol–water partition coefficient (Wildman–Crippen LogP) is 3.39. The van der Waals surface area contributed by atoms with Crippen molar-refractivity contribution >= 4 is 28.2 Å². The fourth-order valence-electron chi connectivity index (χ4n) is 3.29. The number of pyridine rings is 1. The van der Waals surface area contributed by atoms with E-state index in [1.165, 1.54) is 29.7 Å². The summed E-state index contributed by atoms with van der Waals surface area (Å²) in [6.07, 6.45) is 1.86. The van der Waals surface area contributed by atoms with Crippen molar-refractivity contribution in [1.29, 1.82) is 0 Å². The van der Waals surface area contributed by atoms with Crippen molar-refractivity contribution in [3.63, 3.8) is 0 Å². The van der Waals surface area contributed by atoms with E-state index in [9.17, 15) is 18.7 Å². The predicted molar refractivity (Wildman–Crippen MR) is 102 cm³/mol. The zero-order chi connectivity index (χ0) is 19.7. The number of alkyl halides is 2. The highest BCUT2D eigenvalue weighted by Crippen LogP contribution is 2.33. The van der Waals surface area contributed by atoms with Crippen molar-refractivity contribution in [3.8, 4) is 0 Å². The first-order valence-electron chi connectivity index (χ1n) is 9.17. The summed E-state index contributed by atoms with van der Waals surface area (Å²) in [5.41, 5.74) is 0.257. The fraction of sp³-hybridized carbons (Fsp3) is 0.500. The van der Waals surface area contributed by atoms with E-state index in [0.29, 0.717) is 31.7 Å². The summed E-state index contributed by atoms with van der Waals surface area (Å²) in [6, 6.07) is 2.32. The third kappa shape index (κ3) is 4.07. The Bertz CT molecular complexity index is 871. The average Bonchev–Trinajstić information content (AvgIpc) is 3.07. The molecule has 1 aliphatic carbocycles. The fourth-order valence-corrected chi connectivity index (χ4v) is 4.31. The van der Waals surface area contributed by atoms with Gasteiger partial charge in [-0.15, -0.1) is 0 Å². The number of carbonyl (C=O) groups is 1. The molecule has 0 bridgehead atoms. The van der Waals surface area contributed by atoms with Crippen molar-refractivity contribution in [1.82, 2.24) is 14.9 Å². The van der Waals surface area contributed by atoms with Gasteiger partial charge in [0.15, 0.2) is 5.13 Å². The zero-order valence-electron chi connectivity index (χ0n) is 15.1. The first-order chi connectivity index (χ1) is 13.4. The highest BCUT2D eigenvalue weighted by Gasteiger charge is 2.34. The van der Waals surface area contributed by atoms with Gasteiger partial charge in [0.25, 0.3) is 6.43 Å². The number of halogens is 2. The normalized spacial score (nSPS) is 17.8. The number of aromatic nitrogens is 2. The first-order valence-corrected chi connectivity index (χ1v) is 9.98. The second kappa shape index (κ2) is 7.59. The van der Waals surface area contributed by atoms with Gasteiger partial charge in [0.2, 0.25) is 0 Å². The van der Waals surface area contributed by atoms with E-state index in [1.54, 1.807) is 4.90 Å². The standard InChI is InChI=1S/C18H21F2N5O2S/c19-15(20)13-8-11(2-6-21-13)23-17(26)25-7-3-12-14(9-25)28-16(24-12)22-10-18(27)4-1-5-18/h2,6,8,15,27H,1,3-5,7,9-10H2,(H,22,24)(H,21,23,26). The number of amides is 2. The molecule has 2 amide bonds. The second-order valence-corrected chi connectivity index (χ2v) is 8.28. The Morgan fingerprint density at radius 3 is 2.96 bits per heavy atom. The molecule has 0 atom stereocenters. The van der Waals surface area contributed by atoms with Crippen LogP contribution >= 0.6 is 11.3 Å². The smallest absolute Gasteiger partial charge is 0.322 e. The summed E-state index contributed by atoms with van der Waals surface area (Å²) < 4.78 is 25.5. The Kier molecular flexibility index (Phi) is 5.15. The van der Waals surface area contributed by atoms with Crippen LogP contribution in [0.2, 0.25) is 0 Å². The molecule has 0 spiro atoms. The molecule has 2 aliphatic rings. The minimum absolute atomic E-state index is 0.293. The van der Waals surface area contributed by atoms with Crippen molar-refractivity contribution in [2.75, 3.05) is 23.7 Å². The summed E-state index contributed by atoms with van der Waals surface area (Å²) >= 11 is 1.48. The minimum Gasteiger partial charge on any atom is -0.388 e. The molecular formula is C18H21F2N5O2S. The SMILES string of the molecule is O=C(Nc1ccnc(C(F)F)c1)N1CCc2nc(NCC3(O)CCC3)sc2C1. The molecule has 1 saturated carbocycles. The van der Waals surface area contributed by atoms with E-state index in [4.69, 9.17) is 0 Å². The van der Waals surface area contributed by atoms with Gasteiger partial charge in [-0.25, -0.2) is 18.6 Å². The van der Waals surface area contributed by atoms with Crippen LogP contribution in [0.3, 0.4) is 0 Å². The van der Waals surface area contributed by atoms with Crippen LogP contribution in [0.15, 0.2) is 18.3 Å². The van der Waals surface area contributed by atoms with Crippen molar-refractivity contribution in [2.45, 2.75) is 44.3 Å². The molecule has 1 aliphatic heterocycles. The number of anilines is 2. The number of fused-ring (bicyclic) bond motifs is 1. The molecule has 2 aromatic heterocycles. The van der Waals surface area contributed by atoms with Gasteiger partial charge in [0, 0.05) is 36.3 Å². The molecule has 10 heteroatoms. The molecule has 4 rings (SSSR count). The van der Waals surface area contributed by atoms with Crippen LogP contribution in [0.4, 0.5) is 24.4 Å². The number of nitrogens with one attached hydrogen (secondary N) is 2. The Morgan fingerprint density at radius 1 is 1.43 bits per heavy atom. The summed E-state index contributed by atoms with van der Waals surface area (Å²) in [6.45, 7) is 1.40. The number of urea groups is 1. The maximum atomic E-state index is 12.8. The highest BCUT2D eigenvalue weighted by atomic mass is 32.1. The van der Waals surface area contributed by atoms with Gasteiger partial charge in [-0.3, -0.25) is 4.98 Å². The zero-order valence-corrected chi connectivity index (χ0v) is 15.9. The summed E-state index contributed by atoms with van der Waals surface area (Å²) in [7, 11) is 0. The first kappa shape index (κ1) is 19.0. The third-order valence-electron chi connectivity index (χ3n) is 5.13. The van der Waals surface area contributed by atoms with Crippen LogP contribution in [0.25, 0.3) is 0 Å². The van der Waals surface area contributed by atoms with Gasteiger partial charge in [-0.1, -0.05) is 11.3 Å². The van der Waals surface area contributed by atoms with Crippen molar-refractivity contribution in [3.05, 3.63) is 34.6 Å². The quantitative estimate of drug-likeness (QED) is 0.704. The van der Waals surface area contributed by atoms with E-state index in [2.05, 4.69) is 20.6 Å². The van der Waals surface area contributed by atoms with Crippen LogP contribution < -0.4 is 10.6 Å². The van der Waals surface area contributed by atoms with E-state index in [1.807, 2.05) is 0 Å². The van der Waals surface area contributed by atoms with Crippen LogP contribution in [-0.2, 0) is 13.0 Å². The van der Waals surface area contributed by atoms with E-state index in [0.717, 1.165) is 35.0 Å². The number of carbonyl (C=O) groups excluding carboxylic acids is 1. The summed E-state index contributed by atoms with van der Waals surface area (Å²) in [5.74, 6) is 0. The average molecular weight is 409 g/mol. The molecule has 3 heterocycles. The Labute approximate surface area is 164 Å². The maximum Gasteiger partial charge on any atom is 0.322 e. The summed E-state index contributed by atoms with van der Waals surface area (Å²) in [5, 5.41) is 16.8. The maximum absolute atomic E-state index is 12.8. The minimum atomic E-state index is -2.68. The lowest BCUT2D eigenvalue weighted by Crippen LogP contribution is -2.43. The molecule has 0 radical (unpaired) electrons. The lowest BCUT2D eigenvalue weighted by Gasteiger charge is -2.36. The molecule has 0 unspecified atom stereocenters. The molecular weight excluding hydrogens is 388 g/mol. The van der Waals surface area contributed by atoms with Gasteiger partial charge >= 0.3 is 6.03 Å². The number of thiazole rings is 1. The number of rotatable bonds is 5. The van der Waals surface area contributed by atoms with E-state index < -0.39 is 12.0 Å². The second-order valence-electron chi connectivity index (χ2n) is 7.19. The van der Waals surface area contributed by atoms with Crippen LogP contribution in [0.1, 0.15) is 42.0 Å². The molecule has 0 aromatic carbocycles. The number of hydrogen-bond acceptors (Lipinski definition) is 6. The Morgan fingerprint density at radius 2 is 2.25 bits per heavy atom. The number of hydrogen-bond donors (Lipinski definition) is 3. The molecule has 2 aromatic rings. The molecule has 150 valence electrons. The lowest BCUT2D eigenvalue weighted by atomic mass is 9.80. The third-order valence-corrected chi connectivity index (χ3v) is 6.17. The van der Waals surface area contributed by atoms with E-state index in [-0.39, 0.29) is 11.7 Å². The van der Waals surface area contributed by atoms with Crippen molar-refractivity contribution < 1.29 is 18.7 Å². The Balaban J connectivity index is 1.36. The number of nitrogens with zero attached hydrogens (tertiary/aromatic N) is 3. The molecule has 1 fully saturated rings. The van der Waals surface area contributed by atoms with Gasteiger partial charge < -0.3 is 20.6 Å². The van der Waals surface area contributed by atoms with Crippen LogP contribution in [0, 0.1) is 0 Å². The topological polar surface area (TPSA) is 90.4 Å². The summed E-state index contributed by atoms with van der Waals surface area (Å²) in [4.78, 5) is 23.3. The van der Waals surface area contributed by atoms with Gasteiger partial charge in [-0.05, 0) is 31.4 Å². The molecule has 28 heavy (non-hydrogen) atoms. The van der Waals surface area contributed by atoms with Gasteiger partial charge in [0.1, 0.15) is 5.69 Å². The molecule has 0 saturated heterocycles. The van der Waals surface area contributed by atoms with Gasteiger partial charge in [-0.2, -0.15) is 0 Å². The monoisotopic (exact) mass is 409 g/mol. The molecule has 7 nitrogen and oxygen atoms in total. The van der Waals surface area contributed by atoms with Crippen LogP contribution in [-0.4, -0.2) is 44.7 Å².